The van der Waals surface area contributed by atoms with E-state index in [1.165, 1.54) is 5.56 Å². The van der Waals surface area contributed by atoms with Gasteiger partial charge in [0.15, 0.2) is 5.16 Å². The number of aromatic nitrogens is 3. The van der Waals surface area contributed by atoms with Crippen LogP contribution in [-0.2, 0) is 13.0 Å². The molecule has 4 nitrogen and oxygen atoms in total. The van der Waals surface area contributed by atoms with Gasteiger partial charge in [-0.05, 0) is 31.0 Å². The molecule has 1 heterocycles. The summed E-state index contributed by atoms with van der Waals surface area (Å²) in [4.78, 5) is 0. The van der Waals surface area contributed by atoms with E-state index in [0.717, 1.165) is 35.4 Å². The lowest BCUT2D eigenvalue weighted by Gasteiger charge is -2.08. The topological polar surface area (TPSA) is 39.9 Å². The zero-order valence-electron chi connectivity index (χ0n) is 12.6. The summed E-state index contributed by atoms with van der Waals surface area (Å²) >= 11 is 1.65. The first kappa shape index (κ1) is 15.6. The molecule has 0 radical (unpaired) electrons. The lowest BCUT2D eigenvalue weighted by Crippen LogP contribution is -2.04. The number of thioether (sulfide) groups is 1. The Kier molecular flexibility index (Phi) is 5.87. The number of rotatable bonds is 8. The molecule has 0 N–H and O–H groups in total. The van der Waals surface area contributed by atoms with Crippen LogP contribution in [0.3, 0.4) is 0 Å². The van der Waals surface area contributed by atoms with Crippen molar-refractivity contribution in [1.29, 1.82) is 0 Å². The first-order valence-corrected chi connectivity index (χ1v) is 8.08. The minimum Gasteiger partial charge on any atom is -0.493 e. The molecule has 0 atom stereocenters. The number of aryl methyl sites for hydroxylation is 2. The fourth-order valence-electron chi connectivity index (χ4n) is 1.96. The zero-order chi connectivity index (χ0) is 15.1. The second kappa shape index (κ2) is 7.88. The SMILES string of the molecule is C=CCn1c(C)nnc1SCCOc1cccc(CC)c1. The van der Waals surface area contributed by atoms with Gasteiger partial charge in [0.2, 0.25) is 0 Å². The van der Waals surface area contributed by atoms with E-state index in [4.69, 9.17) is 4.74 Å². The van der Waals surface area contributed by atoms with E-state index in [2.05, 4.69) is 40.4 Å². The van der Waals surface area contributed by atoms with Crippen molar-refractivity contribution in [3.8, 4) is 5.75 Å². The van der Waals surface area contributed by atoms with E-state index in [0.29, 0.717) is 6.61 Å². The third-order valence-electron chi connectivity index (χ3n) is 3.10. The van der Waals surface area contributed by atoms with E-state index < -0.39 is 0 Å². The zero-order valence-corrected chi connectivity index (χ0v) is 13.4. The Labute approximate surface area is 130 Å². The molecular formula is C16H21N3OS. The van der Waals surface area contributed by atoms with Crippen LogP contribution >= 0.6 is 11.8 Å². The third-order valence-corrected chi connectivity index (χ3v) is 4.03. The molecular weight excluding hydrogens is 282 g/mol. The summed E-state index contributed by atoms with van der Waals surface area (Å²) in [5.41, 5.74) is 1.29. The molecule has 0 fully saturated rings. The molecule has 0 bridgehead atoms. The second-order valence-corrected chi connectivity index (χ2v) is 5.69. The Morgan fingerprint density at radius 3 is 3.00 bits per heavy atom. The van der Waals surface area contributed by atoms with Crippen molar-refractivity contribution in [2.24, 2.45) is 0 Å². The predicted octanol–water partition coefficient (Wildman–Crippen LogP) is 3.51. The number of benzene rings is 1. The highest BCUT2D eigenvalue weighted by Gasteiger charge is 2.07. The average Bonchev–Trinajstić information content (AvgIpc) is 2.85. The largest absolute Gasteiger partial charge is 0.493 e. The van der Waals surface area contributed by atoms with Crippen LogP contribution < -0.4 is 4.74 Å². The van der Waals surface area contributed by atoms with E-state index >= 15 is 0 Å². The second-order valence-electron chi connectivity index (χ2n) is 4.63. The molecule has 5 heteroatoms. The van der Waals surface area contributed by atoms with Crippen LogP contribution in [0.5, 0.6) is 5.75 Å². The highest BCUT2D eigenvalue weighted by molar-refractivity contribution is 7.99. The lowest BCUT2D eigenvalue weighted by molar-refractivity contribution is 0.343. The molecule has 1 aromatic carbocycles. The van der Waals surface area contributed by atoms with E-state index in [9.17, 15) is 0 Å². The molecule has 112 valence electrons. The predicted molar refractivity (Wildman–Crippen MR) is 87.0 cm³/mol. The van der Waals surface area contributed by atoms with Crippen molar-refractivity contribution < 1.29 is 4.74 Å². The van der Waals surface area contributed by atoms with Crippen LogP contribution in [0.1, 0.15) is 18.3 Å². The van der Waals surface area contributed by atoms with Crippen molar-refractivity contribution in [3.05, 3.63) is 48.3 Å². The smallest absolute Gasteiger partial charge is 0.191 e. The molecule has 0 unspecified atom stereocenters. The summed E-state index contributed by atoms with van der Waals surface area (Å²) in [5, 5.41) is 9.19. The molecule has 2 aromatic rings. The van der Waals surface area contributed by atoms with Gasteiger partial charge in [-0.3, -0.25) is 0 Å². The number of hydrogen-bond acceptors (Lipinski definition) is 4. The summed E-state index contributed by atoms with van der Waals surface area (Å²) < 4.78 is 7.83. The van der Waals surface area contributed by atoms with Gasteiger partial charge in [0.25, 0.3) is 0 Å². The molecule has 0 saturated heterocycles. The fourth-order valence-corrected chi connectivity index (χ4v) is 2.77. The molecule has 0 amide bonds. The first-order chi connectivity index (χ1) is 10.2. The van der Waals surface area contributed by atoms with Gasteiger partial charge in [-0.25, -0.2) is 0 Å². The van der Waals surface area contributed by atoms with Gasteiger partial charge in [-0.1, -0.05) is 36.9 Å². The van der Waals surface area contributed by atoms with Crippen molar-refractivity contribution in [1.82, 2.24) is 14.8 Å². The molecule has 21 heavy (non-hydrogen) atoms. The fraction of sp³-hybridized carbons (Fsp3) is 0.375. The Balaban J connectivity index is 1.83. The van der Waals surface area contributed by atoms with Crippen molar-refractivity contribution >= 4 is 11.8 Å². The Bertz CT molecular complexity index is 595. The molecule has 0 aliphatic rings. The number of allylic oxidation sites excluding steroid dienone is 1. The van der Waals surface area contributed by atoms with Crippen molar-refractivity contribution in [2.75, 3.05) is 12.4 Å². The summed E-state index contributed by atoms with van der Waals surface area (Å²) in [5.74, 6) is 2.68. The standard InChI is InChI=1S/C16H21N3OS/c1-4-9-19-13(3)17-18-16(19)21-11-10-20-15-8-6-7-14(5-2)12-15/h4,6-8,12H,1,5,9-11H2,2-3H3. The molecule has 2 rings (SSSR count). The summed E-state index contributed by atoms with van der Waals surface area (Å²) in [6.07, 6.45) is 2.88. The van der Waals surface area contributed by atoms with Gasteiger partial charge in [0.1, 0.15) is 11.6 Å². The number of hydrogen-bond donors (Lipinski definition) is 0. The Morgan fingerprint density at radius 2 is 2.24 bits per heavy atom. The van der Waals surface area contributed by atoms with Crippen molar-refractivity contribution in [2.45, 2.75) is 32.0 Å². The van der Waals surface area contributed by atoms with Gasteiger partial charge < -0.3 is 9.30 Å². The van der Waals surface area contributed by atoms with E-state index in [-0.39, 0.29) is 0 Å². The van der Waals surface area contributed by atoms with Gasteiger partial charge in [0.05, 0.1) is 6.61 Å². The summed E-state index contributed by atoms with van der Waals surface area (Å²) in [6, 6.07) is 8.23. The van der Waals surface area contributed by atoms with Crippen molar-refractivity contribution in [3.63, 3.8) is 0 Å². The highest BCUT2D eigenvalue weighted by Crippen LogP contribution is 2.18. The normalized spacial score (nSPS) is 10.6. The van der Waals surface area contributed by atoms with E-state index in [1.807, 2.05) is 25.1 Å². The van der Waals surface area contributed by atoms with E-state index in [1.54, 1.807) is 11.8 Å². The molecule has 0 aliphatic carbocycles. The maximum Gasteiger partial charge on any atom is 0.191 e. The molecule has 1 aromatic heterocycles. The average molecular weight is 303 g/mol. The molecule has 0 spiro atoms. The van der Waals surface area contributed by atoms with Crippen LogP contribution in [0.15, 0.2) is 42.1 Å². The number of ether oxygens (including phenoxy) is 1. The first-order valence-electron chi connectivity index (χ1n) is 7.09. The summed E-state index contributed by atoms with van der Waals surface area (Å²) in [7, 11) is 0. The minimum atomic E-state index is 0.651. The van der Waals surface area contributed by atoms with Crippen LogP contribution in [0.2, 0.25) is 0 Å². The van der Waals surface area contributed by atoms with Gasteiger partial charge in [0, 0.05) is 12.3 Å². The van der Waals surface area contributed by atoms with Crippen LogP contribution in [0, 0.1) is 6.92 Å². The van der Waals surface area contributed by atoms with Gasteiger partial charge >= 0.3 is 0 Å². The van der Waals surface area contributed by atoms with Crippen LogP contribution in [0.25, 0.3) is 0 Å². The highest BCUT2D eigenvalue weighted by atomic mass is 32.2. The lowest BCUT2D eigenvalue weighted by atomic mass is 10.2. The Morgan fingerprint density at radius 1 is 1.38 bits per heavy atom. The maximum atomic E-state index is 5.78. The van der Waals surface area contributed by atoms with Crippen LogP contribution in [-0.4, -0.2) is 27.1 Å². The Hall–Kier alpha value is -1.75. The third kappa shape index (κ3) is 4.36. The van der Waals surface area contributed by atoms with Crippen LogP contribution in [0.4, 0.5) is 0 Å². The molecule has 0 saturated carbocycles. The summed E-state index contributed by atoms with van der Waals surface area (Å²) in [6.45, 7) is 9.24. The molecule has 0 aliphatic heterocycles. The van der Waals surface area contributed by atoms with Gasteiger partial charge in [-0.15, -0.1) is 16.8 Å². The monoisotopic (exact) mass is 303 g/mol. The maximum absolute atomic E-state index is 5.78. The number of nitrogens with zero attached hydrogens (tertiary/aromatic N) is 3. The van der Waals surface area contributed by atoms with Gasteiger partial charge in [-0.2, -0.15) is 0 Å². The minimum absolute atomic E-state index is 0.651. The quantitative estimate of drug-likeness (QED) is 0.425.